The SMILES string of the molecule is CCc1cc(C(Cc2ccccc2OC)C(=O)O)ncn1. The number of aliphatic carboxylic acids is 1. The van der Waals surface area contributed by atoms with Crippen molar-refractivity contribution in [1.29, 1.82) is 0 Å². The minimum Gasteiger partial charge on any atom is -0.496 e. The van der Waals surface area contributed by atoms with Crippen molar-refractivity contribution in [3.05, 3.63) is 53.6 Å². The Bertz CT molecular complexity index is 628. The van der Waals surface area contributed by atoms with Crippen molar-refractivity contribution in [2.75, 3.05) is 7.11 Å². The Morgan fingerprint density at radius 2 is 2.10 bits per heavy atom. The van der Waals surface area contributed by atoms with Gasteiger partial charge >= 0.3 is 5.97 Å². The molecular weight excluding hydrogens is 268 g/mol. The third kappa shape index (κ3) is 3.56. The molecule has 1 N–H and O–H groups in total. The molecule has 0 aliphatic heterocycles. The first kappa shape index (κ1) is 15.0. The van der Waals surface area contributed by atoms with Gasteiger partial charge in [-0.25, -0.2) is 9.97 Å². The van der Waals surface area contributed by atoms with E-state index in [1.807, 2.05) is 31.2 Å². The third-order valence-corrected chi connectivity index (χ3v) is 3.38. The summed E-state index contributed by atoms with van der Waals surface area (Å²) in [5.41, 5.74) is 2.22. The minimum absolute atomic E-state index is 0.333. The fourth-order valence-electron chi connectivity index (χ4n) is 2.21. The topological polar surface area (TPSA) is 72.3 Å². The van der Waals surface area contributed by atoms with Crippen LogP contribution in [-0.4, -0.2) is 28.2 Å². The first-order valence-corrected chi connectivity index (χ1v) is 6.81. The molecule has 0 aliphatic rings. The molecule has 2 rings (SSSR count). The van der Waals surface area contributed by atoms with E-state index in [1.165, 1.54) is 6.33 Å². The number of methoxy groups -OCH3 is 1. The average Bonchev–Trinajstić information content (AvgIpc) is 2.52. The molecule has 0 fully saturated rings. The van der Waals surface area contributed by atoms with E-state index in [4.69, 9.17) is 4.74 Å². The van der Waals surface area contributed by atoms with Crippen molar-refractivity contribution in [2.24, 2.45) is 0 Å². The monoisotopic (exact) mass is 286 g/mol. The molecule has 0 amide bonds. The van der Waals surface area contributed by atoms with Crippen LogP contribution >= 0.6 is 0 Å². The number of nitrogens with zero attached hydrogens (tertiary/aromatic N) is 2. The molecule has 0 radical (unpaired) electrons. The maximum atomic E-state index is 11.6. The van der Waals surface area contributed by atoms with Crippen molar-refractivity contribution in [3.63, 3.8) is 0 Å². The van der Waals surface area contributed by atoms with Gasteiger partial charge in [0.25, 0.3) is 0 Å². The van der Waals surface area contributed by atoms with Gasteiger partial charge in [-0.3, -0.25) is 4.79 Å². The van der Waals surface area contributed by atoms with E-state index in [9.17, 15) is 9.90 Å². The number of aryl methyl sites for hydroxylation is 1. The largest absolute Gasteiger partial charge is 0.496 e. The molecular formula is C16H18N2O3. The molecule has 0 spiro atoms. The molecule has 0 saturated carbocycles. The first-order valence-electron chi connectivity index (χ1n) is 6.81. The molecule has 2 aromatic rings. The van der Waals surface area contributed by atoms with E-state index in [0.717, 1.165) is 17.7 Å². The van der Waals surface area contributed by atoms with Crippen LogP contribution in [-0.2, 0) is 17.6 Å². The standard InChI is InChI=1S/C16H18N2O3/c1-3-12-9-14(18-10-17-12)13(16(19)20)8-11-6-4-5-7-15(11)21-2/h4-7,9-10,13H,3,8H2,1-2H3,(H,19,20). The summed E-state index contributed by atoms with van der Waals surface area (Å²) in [5, 5.41) is 9.51. The number of rotatable bonds is 6. The predicted molar refractivity (Wildman–Crippen MR) is 78.5 cm³/mol. The maximum absolute atomic E-state index is 11.6. The van der Waals surface area contributed by atoms with Crippen LogP contribution in [0.4, 0.5) is 0 Å². The number of benzene rings is 1. The van der Waals surface area contributed by atoms with E-state index in [1.54, 1.807) is 13.2 Å². The van der Waals surface area contributed by atoms with Gasteiger partial charge < -0.3 is 9.84 Å². The van der Waals surface area contributed by atoms with Crippen LogP contribution in [0.25, 0.3) is 0 Å². The number of hydrogen-bond acceptors (Lipinski definition) is 4. The molecule has 5 nitrogen and oxygen atoms in total. The van der Waals surface area contributed by atoms with Gasteiger partial charge in [0.2, 0.25) is 0 Å². The lowest BCUT2D eigenvalue weighted by Gasteiger charge is -2.14. The molecule has 1 aromatic carbocycles. The molecule has 21 heavy (non-hydrogen) atoms. The number of ether oxygens (including phenoxy) is 1. The normalized spacial score (nSPS) is 11.9. The summed E-state index contributed by atoms with van der Waals surface area (Å²) in [7, 11) is 1.58. The highest BCUT2D eigenvalue weighted by Gasteiger charge is 2.23. The van der Waals surface area contributed by atoms with Crippen LogP contribution in [0.5, 0.6) is 5.75 Å². The summed E-state index contributed by atoms with van der Waals surface area (Å²) >= 11 is 0. The highest BCUT2D eigenvalue weighted by atomic mass is 16.5. The van der Waals surface area contributed by atoms with Gasteiger partial charge in [0.15, 0.2) is 0 Å². The highest BCUT2D eigenvalue weighted by molar-refractivity contribution is 5.76. The molecule has 0 saturated heterocycles. The van der Waals surface area contributed by atoms with Crippen LogP contribution in [0.2, 0.25) is 0 Å². The van der Waals surface area contributed by atoms with E-state index in [0.29, 0.717) is 17.9 Å². The summed E-state index contributed by atoms with van der Waals surface area (Å²) in [5.74, 6) is -0.926. The molecule has 1 atom stereocenters. The van der Waals surface area contributed by atoms with Crippen LogP contribution in [0.15, 0.2) is 36.7 Å². The Hall–Kier alpha value is -2.43. The summed E-state index contributed by atoms with van der Waals surface area (Å²) in [6.45, 7) is 1.97. The van der Waals surface area contributed by atoms with Crippen LogP contribution in [0.3, 0.4) is 0 Å². The number of hydrogen-bond donors (Lipinski definition) is 1. The predicted octanol–water partition coefficient (Wildman–Crippen LogP) is 2.46. The lowest BCUT2D eigenvalue weighted by molar-refractivity contribution is -0.138. The quantitative estimate of drug-likeness (QED) is 0.883. The lowest BCUT2D eigenvalue weighted by Crippen LogP contribution is -2.17. The number of carbonyl (C=O) groups is 1. The third-order valence-electron chi connectivity index (χ3n) is 3.38. The summed E-state index contributed by atoms with van der Waals surface area (Å²) in [4.78, 5) is 19.8. The lowest BCUT2D eigenvalue weighted by atomic mass is 9.95. The van der Waals surface area contributed by atoms with Crippen molar-refractivity contribution in [3.8, 4) is 5.75 Å². The second-order valence-electron chi connectivity index (χ2n) is 4.69. The van der Waals surface area contributed by atoms with Gasteiger partial charge in [-0.15, -0.1) is 0 Å². The van der Waals surface area contributed by atoms with E-state index >= 15 is 0 Å². The maximum Gasteiger partial charge on any atom is 0.312 e. The first-order chi connectivity index (χ1) is 10.2. The van der Waals surface area contributed by atoms with Crippen molar-refractivity contribution in [1.82, 2.24) is 9.97 Å². The Morgan fingerprint density at radius 1 is 1.33 bits per heavy atom. The van der Waals surface area contributed by atoms with Crippen molar-refractivity contribution in [2.45, 2.75) is 25.7 Å². The smallest absolute Gasteiger partial charge is 0.312 e. The van der Waals surface area contributed by atoms with Crippen molar-refractivity contribution < 1.29 is 14.6 Å². The van der Waals surface area contributed by atoms with Gasteiger partial charge in [-0.05, 0) is 30.5 Å². The Kier molecular flexibility index (Phi) is 4.87. The Balaban J connectivity index is 2.33. The number of para-hydroxylation sites is 1. The van der Waals surface area contributed by atoms with Crippen LogP contribution < -0.4 is 4.74 Å². The highest BCUT2D eigenvalue weighted by Crippen LogP contribution is 2.26. The molecule has 0 bridgehead atoms. The average molecular weight is 286 g/mol. The minimum atomic E-state index is -0.901. The van der Waals surface area contributed by atoms with E-state index in [-0.39, 0.29) is 0 Å². The summed E-state index contributed by atoms with van der Waals surface area (Å²) in [6.07, 6.45) is 2.50. The fraction of sp³-hybridized carbons (Fsp3) is 0.312. The molecule has 5 heteroatoms. The second-order valence-corrected chi connectivity index (χ2v) is 4.69. The van der Waals surface area contributed by atoms with Crippen LogP contribution in [0.1, 0.15) is 29.8 Å². The van der Waals surface area contributed by atoms with Gasteiger partial charge in [-0.1, -0.05) is 25.1 Å². The molecule has 1 unspecified atom stereocenters. The Labute approximate surface area is 123 Å². The molecule has 1 heterocycles. The molecule has 110 valence electrons. The van der Waals surface area contributed by atoms with Gasteiger partial charge in [0.1, 0.15) is 18.0 Å². The molecule has 1 aromatic heterocycles. The van der Waals surface area contributed by atoms with Gasteiger partial charge in [0.05, 0.1) is 12.8 Å². The number of carboxylic acids is 1. The van der Waals surface area contributed by atoms with Gasteiger partial charge in [0, 0.05) is 5.69 Å². The van der Waals surface area contributed by atoms with E-state index in [2.05, 4.69) is 9.97 Å². The second kappa shape index (κ2) is 6.83. The summed E-state index contributed by atoms with van der Waals surface area (Å²) < 4.78 is 5.28. The Morgan fingerprint density at radius 3 is 2.76 bits per heavy atom. The zero-order valence-electron chi connectivity index (χ0n) is 12.1. The number of carboxylic acid groups (broad SMARTS) is 1. The number of aromatic nitrogens is 2. The van der Waals surface area contributed by atoms with Crippen LogP contribution in [0, 0.1) is 0 Å². The zero-order chi connectivity index (χ0) is 15.2. The molecule has 0 aliphatic carbocycles. The van der Waals surface area contributed by atoms with Gasteiger partial charge in [-0.2, -0.15) is 0 Å². The van der Waals surface area contributed by atoms with E-state index < -0.39 is 11.9 Å². The zero-order valence-corrected chi connectivity index (χ0v) is 12.1. The summed E-state index contributed by atoms with van der Waals surface area (Å²) in [6, 6.07) is 9.18. The van der Waals surface area contributed by atoms with Crippen molar-refractivity contribution >= 4 is 5.97 Å². The fourth-order valence-corrected chi connectivity index (χ4v) is 2.21.